The van der Waals surface area contributed by atoms with Gasteiger partial charge in [-0.05, 0) is 23.6 Å². The molecule has 0 aliphatic carbocycles. The summed E-state index contributed by atoms with van der Waals surface area (Å²) in [6, 6.07) is 1.37. The molecule has 23 heavy (non-hydrogen) atoms. The quantitative estimate of drug-likeness (QED) is 0.417. The molecule has 2 aromatic rings. The highest BCUT2D eigenvalue weighted by molar-refractivity contribution is 6.30. The van der Waals surface area contributed by atoms with Gasteiger partial charge < -0.3 is 30.4 Å². The smallest absolute Gasteiger partial charge is 0.261 e. The predicted molar refractivity (Wildman–Crippen MR) is 80.3 cm³/mol. The normalized spacial score (nSPS) is 32.3. The SMILES string of the molecule is [2H]C([2H])(O)[C@H]1O[C@@H](n2ccc3c(=O)[nH]c(N)nc32)C(O)(C#CCl)[C@H]1O. The molecular formula is C13H13ClN4O5. The fourth-order valence-corrected chi connectivity index (χ4v) is 2.68. The number of hydrogen-bond acceptors (Lipinski definition) is 7. The number of halogens is 1. The average molecular weight is 343 g/mol. The number of aliphatic hydroxyl groups is 3. The van der Waals surface area contributed by atoms with E-state index >= 15 is 0 Å². The maximum atomic E-state index is 11.9. The van der Waals surface area contributed by atoms with Crippen LogP contribution >= 0.6 is 11.6 Å². The standard InChI is InChI=1S/C13H13ClN4O5/c14-3-2-13(22)8(20)7(5-19)23-11(13)18-4-1-6-9(18)16-12(15)17-10(6)21/h1,4,7-8,11,19-20,22H,5H2,(H3,15,16,17,21)/t7-,8+,11-,13?/m1/s1/i5D2. The van der Waals surface area contributed by atoms with Crippen molar-refractivity contribution in [2.24, 2.45) is 0 Å². The van der Waals surface area contributed by atoms with E-state index in [-0.39, 0.29) is 17.0 Å². The number of nitrogens with zero attached hydrogens (tertiary/aromatic N) is 2. The highest BCUT2D eigenvalue weighted by Gasteiger charge is 2.55. The Morgan fingerprint density at radius 3 is 3.09 bits per heavy atom. The van der Waals surface area contributed by atoms with Crippen LogP contribution in [0.4, 0.5) is 5.95 Å². The van der Waals surface area contributed by atoms with Gasteiger partial charge in [0.1, 0.15) is 12.2 Å². The number of ether oxygens (including phenoxy) is 1. The Morgan fingerprint density at radius 2 is 2.43 bits per heavy atom. The van der Waals surface area contributed by atoms with E-state index in [2.05, 4.69) is 15.9 Å². The maximum Gasteiger partial charge on any atom is 0.261 e. The Kier molecular flexibility index (Phi) is 3.21. The van der Waals surface area contributed by atoms with Gasteiger partial charge in [-0.25, -0.2) is 0 Å². The van der Waals surface area contributed by atoms with Crippen LogP contribution in [0, 0.1) is 11.3 Å². The second-order valence-corrected chi connectivity index (χ2v) is 5.13. The molecule has 0 spiro atoms. The summed E-state index contributed by atoms with van der Waals surface area (Å²) < 4.78 is 21.2. The molecule has 3 heterocycles. The molecule has 0 amide bonds. The van der Waals surface area contributed by atoms with Crippen LogP contribution in [0.25, 0.3) is 11.0 Å². The number of fused-ring (bicyclic) bond motifs is 1. The van der Waals surface area contributed by atoms with Gasteiger partial charge in [-0.15, -0.1) is 0 Å². The molecule has 3 rings (SSSR count). The highest BCUT2D eigenvalue weighted by Crippen LogP contribution is 2.39. The zero-order valence-electron chi connectivity index (χ0n) is 13.4. The lowest BCUT2D eigenvalue weighted by molar-refractivity contribution is -0.0718. The number of H-pyrrole nitrogens is 1. The maximum absolute atomic E-state index is 11.9. The Bertz CT molecular complexity index is 946. The monoisotopic (exact) mass is 342 g/mol. The number of nitrogens with one attached hydrogen (secondary N) is 1. The molecule has 10 heteroatoms. The number of nitrogen functional groups attached to an aromatic ring is 1. The Morgan fingerprint density at radius 1 is 1.70 bits per heavy atom. The Labute approximate surface area is 137 Å². The molecule has 4 atom stereocenters. The first-order valence-corrected chi connectivity index (χ1v) is 6.75. The third-order valence-corrected chi connectivity index (χ3v) is 3.71. The average Bonchev–Trinajstić information content (AvgIpc) is 3.00. The summed E-state index contributed by atoms with van der Waals surface area (Å²) in [7, 11) is 0. The zero-order chi connectivity index (χ0) is 18.6. The largest absolute Gasteiger partial charge is 0.394 e. The van der Waals surface area contributed by atoms with Crippen molar-refractivity contribution in [1.29, 1.82) is 0 Å². The van der Waals surface area contributed by atoms with E-state index in [9.17, 15) is 20.1 Å². The summed E-state index contributed by atoms with van der Waals surface area (Å²) in [5.74, 6) is 1.96. The van der Waals surface area contributed by atoms with Crippen LogP contribution in [0.15, 0.2) is 17.1 Å². The van der Waals surface area contributed by atoms with Crippen molar-refractivity contribution in [2.75, 3.05) is 12.3 Å². The second-order valence-electron chi connectivity index (χ2n) is 4.94. The minimum absolute atomic E-state index is 0.00685. The van der Waals surface area contributed by atoms with Gasteiger partial charge in [0.2, 0.25) is 11.5 Å². The van der Waals surface area contributed by atoms with E-state index in [1.165, 1.54) is 12.3 Å². The highest BCUT2D eigenvalue weighted by atomic mass is 35.5. The van der Waals surface area contributed by atoms with Gasteiger partial charge >= 0.3 is 0 Å². The van der Waals surface area contributed by atoms with Crippen molar-refractivity contribution in [3.63, 3.8) is 0 Å². The number of rotatable bonds is 2. The molecule has 1 aliphatic rings. The molecule has 1 saturated heterocycles. The van der Waals surface area contributed by atoms with Crippen LogP contribution in [0.3, 0.4) is 0 Å². The van der Waals surface area contributed by atoms with Crippen LogP contribution in [0.5, 0.6) is 0 Å². The zero-order valence-corrected chi connectivity index (χ0v) is 12.2. The molecule has 1 fully saturated rings. The fourth-order valence-electron chi connectivity index (χ4n) is 2.53. The van der Waals surface area contributed by atoms with E-state index in [1.54, 1.807) is 0 Å². The van der Waals surface area contributed by atoms with Crippen LogP contribution < -0.4 is 11.3 Å². The van der Waals surface area contributed by atoms with Gasteiger partial charge in [-0.3, -0.25) is 9.78 Å². The van der Waals surface area contributed by atoms with E-state index in [4.69, 9.17) is 24.8 Å². The van der Waals surface area contributed by atoms with Gasteiger partial charge in [0.25, 0.3) is 5.56 Å². The first kappa shape index (κ1) is 13.4. The van der Waals surface area contributed by atoms with Gasteiger partial charge in [0.15, 0.2) is 11.9 Å². The number of hydrogen-bond donors (Lipinski definition) is 5. The molecular weight excluding hydrogens is 328 g/mol. The van der Waals surface area contributed by atoms with E-state index in [0.717, 1.165) is 4.57 Å². The van der Waals surface area contributed by atoms with Crippen molar-refractivity contribution in [3.05, 3.63) is 22.6 Å². The molecule has 1 unspecified atom stereocenters. The number of aromatic nitrogens is 3. The van der Waals surface area contributed by atoms with Gasteiger partial charge in [0.05, 0.1) is 14.7 Å². The number of aromatic amines is 1. The molecule has 2 aromatic heterocycles. The molecule has 0 saturated carbocycles. The Balaban J connectivity index is 2.21. The number of nitrogens with two attached hydrogens (primary N) is 1. The van der Waals surface area contributed by atoms with E-state index in [1.807, 2.05) is 5.38 Å². The Hall–Kier alpha value is -2.09. The first-order valence-electron chi connectivity index (χ1n) is 7.37. The van der Waals surface area contributed by atoms with Crippen molar-refractivity contribution >= 4 is 28.6 Å². The molecule has 122 valence electrons. The summed E-state index contributed by atoms with van der Waals surface area (Å²) in [4.78, 5) is 18.2. The topological polar surface area (TPSA) is 147 Å². The van der Waals surface area contributed by atoms with E-state index < -0.39 is 36.2 Å². The lowest BCUT2D eigenvalue weighted by Gasteiger charge is -2.26. The lowest BCUT2D eigenvalue weighted by Crippen LogP contribution is -2.45. The third-order valence-electron chi connectivity index (χ3n) is 3.62. The number of aliphatic hydroxyl groups excluding tert-OH is 1. The van der Waals surface area contributed by atoms with Crippen LogP contribution in [-0.2, 0) is 4.74 Å². The van der Waals surface area contributed by atoms with Crippen molar-refractivity contribution < 1.29 is 22.8 Å². The summed E-state index contributed by atoms with van der Waals surface area (Å²) in [5, 5.41) is 32.6. The van der Waals surface area contributed by atoms with Gasteiger partial charge in [-0.2, -0.15) is 4.98 Å². The minimum atomic E-state index is -2.98. The van der Waals surface area contributed by atoms with Crippen LogP contribution in [0.2, 0.25) is 0 Å². The summed E-state index contributed by atoms with van der Waals surface area (Å²) in [6.07, 6.45) is -3.98. The summed E-state index contributed by atoms with van der Waals surface area (Å²) >= 11 is 5.35. The lowest BCUT2D eigenvalue weighted by atomic mass is 9.95. The van der Waals surface area contributed by atoms with Crippen LogP contribution in [-0.4, -0.2) is 54.2 Å². The minimum Gasteiger partial charge on any atom is -0.394 e. The molecule has 0 bridgehead atoms. The molecule has 1 aliphatic heterocycles. The molecule has 6 N–H and O–H groups in total. The number of anilines is 1. The predicted octanol–water partition coefficient (Wildman–Crippen LogP) is -1.51. The molecule has 9 nitrogen and oxygen atoms in total. The molecule has 0 aromatic carbocycles. The van der Waals surface area contributed by atoms with E-state index in [0.29, 0.717) is 0 Å². The summed E-state index contributed by atoms with van der Waals surface area (Å²) in [6.45, 7) is -2.98. The van der Waals surface area contributed by atoms with Crippen molar-refractivity contribution in [1.82, 2.24) is 14.5 Å². The fraction of sp³-hybridized carbons (Fsp3) is 0.385. The van der Waals surface area contributed by atoms with Gasteiger partial charge in [-0.1, -0.05) is 0 Å². The first-order chi connectivity index (χ1) is 11.6. The second kappa shape index (κ2) is 5.52. The van der Waals surface area contributed by atoms with Crippen LogP contribution in [0.1, 0.15) is 8.97 Å². The van der Waals surface area contributed by atoms with Crippen molar-refractivity contribution in [3.8, 4) is 11.3 Å². The third kappa shape index (κ3) is 2.28. The van der Waals surface area contributed by atoms with Gasteiger partial charge in [0, 0.05) is 11.6 Å². The summed E-state index contributed by atoms with van der Waals surface area (Å²) in [5.41, 5.74) is 2.60. The molecule has 0 radical (unpaired) electrons. The van der Waals surface area contributed by atoms with Crippen molar-refractivity contribution in [2.45, 2.75) is 24.0 Å².